The van der Waals surface area contributed by atoms with Gasteiger partial charge in [0.2, 0.25) is 0 Å². The molecule has 0 N–H and O–H groups in total. The maximum absolute atomic E-state index is 4.46. The second-order valence-corrected chi connectivity index (χ2v) is 8.76. The Bertz CT molecular complexity index is 1500. The van der Waals surface area contributed by atoms with Crippen LogP contribution in [0.5, 0.6) is 0 Å². The smallest absolute Gasteiger partial charge is 0.0571 e. The van der Waals surface area contributed by atoms with Gasteiger partial charge in [0.25, 0.3) is 0 Å². The summed E-state index contributed by atoms with van der Waals surface area (Å²) in [5.41, 5.74) is 10.4. The van der Waals surface area contributed by atoms with Gasteiger partial charge in [0.1, 0.15) is 0 Å². The molecule has 0 saturated heterocycles. The van der Waals surface area contributed by atoms with Crippen LogP contribution in [0.15, 0.2) is 128 Å². The van der Waals surface area contributed by atoms with Crippen LogP contribution in [0.3, 0.4) is 0 Å². The molecule has 1 radical (unpaired) electrons. The van der Waals surface area contributed by atoms with Crippen molar-refractivity contribution in [1.82, 2.24) is 14.8 Å². The van der Waals surface area contributed by atoms with Crippen molar-refractivity contribution in [3.8, 4) is 39.2 Å². The summed E-state index contributed by atoms with van der Waals surface area (Å²) in [4.78, 5) is 4.22. The predicted octanol–water partition coefficient (Wildman–Crippen LogP) is 8.17. The van der Waals surface area contributed by atoms with E-state index in [9.17, 15) is 0 Å². The third-order valence-corrected chi connectivity index (χ3v) is 6.16. The van der Waals surface area contributed by atoms with E-state index in [4.69, 9.17) is 0 Å². The molecule has 3 nitrogen and oxygen atoms in total. The van der Waals surface area contributed by atoms with Crippen molar-refractivity contribution in [3.05, 3.63) is 151 Å². The number of benzene rings is 4. The summed E-state index contributed by atoms with van der Waals surface area (Å²) in [5, 5.41) is 4.46. The summed E-state index contributed by atoms with van der Waals surface area (Å²) >= 11 is 0. The van der Waals surface area contributed by atoms with E-state index < -0.39 is 0 Å². The van der Waals surface area contributed by atoms with Crippen LogP contribution in [-0.2, 0) is 20.1 Å². The first kappa shape index (κ1) is 26.9. The molecular formula is C34H27IrN3-2. The molecule has 4 aromatic carbocycles. The van der Waals surface area contributed by atoms with Crippen LogP contribution < -0.4 is 0 Å². The molecule has 0 fully saturated rings. The second-order valence-electron chi connectivity index (χ2n) is 8.76. The Kier molecular flexibility index (Phi) is 9.16. The van der Waals surface area contributed by atoms with E-state index in [-0.39, 0.29) is 20.1 Å². The first-order chi connectivity index (χ1) is 18.2. The van der Waals surface area contributed by atoms with E-state index in [1.165, 1.54) is 22.3 Å². The second kappa shape index (κ2) is 12.9. The van der Waals surface area contributed by atoms with Gasteiger partial charge in [-0.2, -0.15) is 29.4 Å². The predicted molar refractivity (Wildman–Crippen MR) is 151 cm³/mol. The summed E-state index contributed by atoms with van der Waals surface area (Å²) in [5.74, 6) is 0. The average molecular weight is 670 g/mol. The summed E-state index contributed by atoms with van der Waals surface area (Å²) in [6.07, 6.45) is 5.73. The standard InChI is InChI=1S/C23H19N2.C11H8N.Ir/c1-17-7-6-8-18(2)23(17)20-13-11-19(12-14-20)21-15-24-25(16-21)22-9-4-3-5-10-22;1-2-6-10(7-3-1)11-8-4-5-9-12-11;/h3-9,11-16H,1-2H3;1-6,8-9H;/q2*-1;. The van der Waals surface area contributed by atoms with Gasteiger partial charge in [-0.25, -0.2) is 0 Å². The molecule has 6 rings (SSSR count). The zero-order chi connectivity index (χ0) is 25.5. The minimum absolute atomic E-state index is 0. The van der Waals surface area contributed by atoms with Crippen LogP contribution in [0.4, 0.5) is 0 Å². The van der Waals surface area contributed by atoms with Crippen molar-refractivity contribution in [2.24, 2.45) is 0 Å². The molecular weight excluding hydrogens is 643 g/mol. The molecule has 6 aromatic rings. The number of rotatable bonds is 4. The Hall–Kier alpha value is -4.11. The third kappa shape index (κ3) is 6.41. The number of pyridine rings is 1. The monoisotopic (exact) mass is 670 g/mol. The van der Waals surface area contributed by atoms with Crippen molar-refractivity contribution < 1.29 is 20.1 Å². The topological polar surface area (TPSA) is 30.7 Å². The Morgan fingerprint density at radius 1 is 0.632 bits per heavy atom. The van der Waals surface area contributed by atoms with E-state index in [0.717, 1.165) is 28.1 Å². The van der Waals surface area contributed by atoms with Gasteiger partial charge >= 0.3 is 0 Å². The van der Waals surface area contributed by atoms with E-state index in [0.29, 0.717) is 0 Å². The summed E-state index contributed by atoms with van der Waals surface area (Å²) < 4.78 is 1.86. The minimum Gasteiger partial charge on any atom is -0.305 e. The maximum Gasteiger partial charge on any atom is 0.0571 e. The maximum atomic E-state index is 4.46. The van der Waals surface area contributed by atoms with Gasteiger partial charge in [0.15, 0.2) is 0 Å². The Morgan fingerprint density at radius 3 is 1.95 bits per heavy atom. The van der Waals surface area contributed by atoms with E-state index in [1.807, 2.05) is 83.8 Å². The summed E-state index contributed by atoms with van der Waals surface area (Å²) in [6, 6.07) is 43.0. The number of para-hydroxylation sites is 1. The average Bonchev–Trinajstić information content (AvgIpc) is 3.46. The molecule has 0 atom stereocenters. The fourth-order valence-electron chi connectivity index (χ4n) is 4.30. The third-order valence-electron chi connectivity index (χ3n) is 6.16. The van der Waals surface area contributed by atoms with Gasteiger partial charge in [0, 0.05) is 38.1 Å². The first-order valence-corrected chi connectivity index (χ1v) is 12.3. The van der Waals surface area contributed by atoms with Gasteiger partial charge < -0.3 is 4.98 Å². The molecule has 0 unspecified atom stereocenters. The Balaban J connectivity index is 0.000000218. The fourth-order valence-corrected chi connectivity index (χ4v) is 4.30. The number of hydrogen-bond donors (Lipinski definition) is 0. The van der Waals surface area contributed by atoms with Gasteiger partial charge in [0.05, 0.1) is 6.20 Å². The molecule has 0 bridgehead atoms. The molecule has 0 amide bonds. The molecule has 0 aliphatic carbocycles. The van der Waals surface area contributed by atoms with Crippen LogP contribution in [-0.4, -0.2) is 14.8 Å². The molecule has 0 spiro atoms. The van der Waals surface area contributed by atoms with Crippen LogP contribution >= 0.6 is 0 Å². The molecule has 189 valence electrons. The van der Waals surface area contributed by atoms with Crippen molar-refractivity contribution in [2.75, 3.05) is 0 Å². The molecule has 38 heavy (non-hydrogen) atoms. The SMILES string of the molecule is Cc1cccc(C)c1-c1ccc(-c2cnn(-c3[c-]cccc3)c2)cc1.[Ir].[c-]1ccccc1-c1ccccn1. The fraction of sp³-hybridized carbons (Fsp3) is 0.0588. The number of nitrogens with zero attached hydrogens (tertiary/aromatic N) is 3. The van der Waals surface area contributed by atoms with E-state index in [2.05, 4.69) is 78.5 Å². The van der Waals surface area contributed by atoms with Gasteiger partial charge in [-0.1, -0.05) is 54.6 Å². The van der Waals surface area contributed by atoms with Gasteiger partial charge in [-0.3, -0.25) is 4.68 Å². The van der Waals surface area contributed by atoms with E-state index in [1.54, 1.807) is 6.20 Å². The van der Waals surface area contributed by atoms with Crippen molar-refractivity contribution in [1.29, 1.82) is 0 Å². The molecule has 4 heteroatoms. The van der Waals surface area contributed by atoms with Crippen LogP contribution in [0, 0.1) is 26.0 Å². The van der Waals surface area contributed by atoms with Crippen molar-refractivity contribution in [3.63, 3.8) is 0 Å². The number of aromatic nitrogens is 3. The number of aryl methyl sites for hydroxylation is 2. The quantitative estimate of drug-likeness (QED) is 0.177. The molecule has 0 saturated carbocycles. The zero-order valence-corrected chi connectivity index (χ0v) is 23.7. The van der Waals surface area contributed by atoms with Gasteiger partial charge in [-0.15, -0.1) is 42.0 Å². The summed E-state index contributed by atoms with van der Waals surface area (Å²) in [6.45, 7) is 4.33. The normalized spacial score (nSPS) is 10.2. The zero-order valence-electron chi connectivity index (χ0n) is 21.3. The molecule has 2 heterocycles. The molecule has 2 aromatic heterocycles. The van der Waals surface area contributed by atoms with Crippen LogP contribution in [0.2, 0.25) is 0 Å². The van der Waals surface area contributed by atoms with Crippen LogP contribution in [0.25, 0.3) is 39.2 Å². The van der Waals surface area contributed by atoms with Crippen LogP contribution in [0.1, 0.15) is 11.1 Å². The Labute approximate surface area is 238 Å². The first-order valence-electron chi connectivity index (χ1n) is 12.3. The Morgan fingerprint density at radius 2 is 1.32 bits per heavy atom. The molecule has 0 aliphatic rings. The largest absolute Gasteiger partial charge is 0.305 e. The van der Waals surface area contributed by atoms with Crippen molar-refractivity contribution in [2.45, 2.75) is 13.8 Å². The molecule has 0 aliphatic heterocycles. The summed E-state index contributed by atoms with van der Waals surface area (Å²) in [7, 11) is 0. The van der Waals surface area contributed by atoms with Crippen molar-refractivity contribution >= 4 is 0 Å². The van der Waals surface area contributed by atoms with E-state index >= 15 is 0 Å². The van der Waals surface area contributed by atoms with Gasteiger partial charge in [-0.05, 0) is 59.1 Å². The number of hydrogen-bond acceptors (Lipinski definition) is 2. The minimum atomic E-state index is 0.